The molecule has 51 heavy (non-hydrogen) atoms. The zero-order valence-corrected chi connectivity index (χ0v) is 27.1. The van der Waals surface area contributed by atoms with Gasteiger partial charge in [0.2, 0.25) is 0 Å². The largest absolute Gasteiger partial charge is 0.456 e. The number of fused-ring (bicyclic) bond motifs is 9. The summed E-state index contributed by atoms with van der Waals surface area (Å²) < 4.78 is 10.5. The minimum absolute atomic E-state index is 0.225. The molecule has 6 aromatic carbocycles. The van der Waals surface area contributed by atoms with E-state index >= 15 is 0 Å². The first-order chi connectivity index (χ1) is 25.1. The van der Waals surface area contributed by atoms with E-state index in [4.69, 9.17) is 4.42 Å². The first-order valence-corrected chi connectivity index (χ1v) is 16.4. The molecule has 3 heterocycles. The number of benzene rings is 6. The normalized spacial score (nSPS) is 12.2. The molecular weight excluding hydrogens is 627 g/mol. The van der Waals surface area contributed by atoms with Crippen molar-refractivity contribution >= 4 is 76.8 Å². The molecule has 9 aromatic rings. The number of allylic oxidation sites excluding steroid dienone is 5. The molecule has 6 nitrogen and oxygen atoms in total. The van der Waals surface area contributed by atoms with Crippen molar-refractivity contribution in [3.05, 3.63) is 163 Å². The third kappa shape index (κ3) is 4.33. The van der Waals surface area contributed by atoms with Gasteiger partial charge in [0.25, 0.3) is 0 Å². The Balaban J connectivity index is 1.35. The third-order valence-corrected chi connectivity index (χ3v) is 9.69. The van der Waals surface area contributed by atoms with Crippen molar-refractivity contribution in [3.63, 3.8) is 0 Å². The molecule has 0 fully saturated rings. The van der Waals surface area contributed by atoms with E-state index in [1.807, 2.05) is 83.4 Å². The van der Waals surface area contributed by atoms with Crippen LogP contribution in [0.15, 0.2) is 151 Å². The highest BCUT2D eigenvalue weighted by Gasteiger charge is 2.23. The molecule has 0 saturated carbocycles. The van der Waals surface area contributed by atoms with Crippen LogP contribution in [-0.2, 0) is 0 Å². The Hall–Kier alpha value is -7.59. The molecule has 9 rings (SSSR count). The summed E-state index contributed by atoms with van der Waals surface area (Å²) in [5.41, 5.74) is 8.14. The summed E-state index contributed by atoms with van der Waals surface area (Å²) in [4.78, 5) is 0. The van der Waals surface area contributed by atoms with Gasteiger partial charge in [0.1, 0.15) is 23.3 Å². The Bertz CT molecular complexity index is 3090. The van der Waals surface area contributed by atoms with Gasteiger partial charge in [-0.25, -0.2) is 0 Å². The number of furan rings is 1. The molecule has 0 radical (unpaired) electrons. The third-order valence-electron chi connectivity index (χ3n) is 9.69. The number of rotatable bonds is 5. The molecule has 0 N–H and O–H groups in total. The fourth-order valence-corrected chi connectivity index (χ4v) is 7.53. The van der Waals surface area contributed by atoms with Crippen molar-refractivity contribution in [2.45, 2.75) is 0 Å². The summed E-state index contributed by atoms with van der Waals surface area (Å²) in [7, 11) is 0. The zero-order chi connectivity index (χ0) is 34.6. The van der Waals surface area contributed by atoms with Gasteiger partial charge in [-0.05, 0) is 54.1 Å². The van der Waals surface area contributed by atoms with E-state index in [0.29, 0.717) is 22.5 Å². The van der Waals surface area contributed by atoms with Crippen molar-refractivity contribution in [3.8, 4) is 23.9 Å². The lowest BCUT2D eigenvalue weighted by molar-refractivity contribution is 0.669. The molecule has 236 valence electrons. The summed E-state index contributed by atoms with van der Waals surface area (Å²) >= 11 is 0. The van der Waals surface area contributed by atoms with Gasteiger partial charge < -0.3 is 13.6 Å². The van der Waals surface area contributed by atoms with Gasteiger partial charge in [0.05, 0.1) is 45.0 Å². The zero-order valence-electron chi connectivity index (χ0n) is 27.1. The fraction of sp³-hybridized carbons (Fsp3) is 0. The molecule has 0 amide bonds. The monoisotopic (exact) mass is 651 g/mol. The first-order valence-electron chi connectivity index (χ1n) is 16.4. The van der Waals surface area contributed by atoms with Gasteiger partial charge in [-0.2, -0.15) is 15.8 Å². The number of nitriles is 3. The summed E-state index contributed by atoms with van der Waals surface area (Å²) in [6.07, 6.45) is 5.18. The minimum Gasteiger partial charge on any atom is -0.456 e. The number of hydrogen-bond donors (Lipinski definition) is 0. The van der Waals surface area contributed by atoms with Gasteiger partial charge in [-0.3, -0.25) is 0 Å². The van der Waals surface area contributed by atoms with Crippen molar-refractivity contribution in [1.29, 1.82) is 15.8 Å². The van der Waals surface area contributed by atoms with Crippen molar-refractivity contribution in [2.75, 3.05) is 0 Å². The van der Waals surface area contributed by atoms with E-state index in [2.05, 4.69) is 71.8 Å². The average molecular weight is 652 g/mol. The number of hydrogen-bond acceptors (Lipinski definition) is 4. The Kier molecular flexibility index (Phi) is 6.68. The van der Waals surface area contributed by atoms with Crippen LogP contribution in [0.4, 0.5) is 0 Å². The highest BCUT2D eigenvalue weighted by Crippen LogP contribution is 2.41. The maximum absolute atomic E-state index is 10.6. The van der Waals surface area contributed by atoms with Crippen molar-refractivity contribution in [2.24, 2.45) is 0 Å². The van der Waals surface area contributed by atoms with Crippen LogP contribution in [-0.4, -0.2) is 9.13 Å². The Morgan fingerprint density at radius 1 is 0.608 bits per heavy atom. The molecule has 6 heteroatoms. The van der Waals surface area contributed by atoms with E-state index in [9.17, 15) is 15.8 Å². The standard InChI is InChI=1S/C45H25N5O/c1-2-30(49-39-15-7-5-13-34(39)36-24-37-35-14-6-10-18-43(35)51-44(37)25-42(36)49)23-28(21-22-46)31-20-19-29(26-47)38(27-48)45(31)50-40-16-8-3-11-32(40)33-12-4-9-17-41(33)50/h2-21,23-25H,1H2/b28-21+,30-23+. The minimum atomic E-state index is 0.225. The molecule has 0 aliphatic carbocycles. The molecular formula is C45H25N5O. The second-order valence-electron chi connectivity index (χ2n) is 12.3. The second-order valence-corrected chi connectivity index (χ2v) is 12.3. The summed E-state index contributed by atoms with van der Waals surface area (Å²) in [5.74, 6) is 0. The van der Waals surface area contributed by atoms with Crippen LogP contribution in [0, 0.1) is 34.0 Å². The van der Waals surface area contributed by atoms with Crippen LogP contribution >= 0.6 is 0 Å². The number of para-hydroxylation sites is 4. The molecule has 0 aliphatic rings. The Labute approximate surface area is 292 Å². The van der Waals surface area contributed by atoms with Crippen LogP contribution in [0.3, 0.4) is 0 Å². The van der Waals surface area contributed by atoms with E-state index in [1.165, 1.54) is 6.08 Å². The summed E-state index contributed by atoms with van der Waals surface area (Å²) in [5, 5.41) is 37.2. The average Bonchev–Trinajstić information content (AvgIpc) is 3.82. The molecule has 0 aliphatic heterocycles. The molecule has 0 atom stereocenters. The predicted octanol–water partition coefficient (Wildman–Crippen LogP) is 11.2. The lowest BCUT2D eigenvalue weighted by Crippen LogP contribution is -2.05. The molecule has 0 unspecified atom stereocenters. The van der Waals surface area contributed by atoms with E-state index in [0.717, 1.165) is 65.6 Å². The van der Waals surface area contributed by atoms with E-state index in [1.54, 1.807) is 12.1 Å². The second kappa shape index (κ2) is 11.5. The lowest BCUT2D eigenvalue weighted by Gasteiger charge is -2.18. The van der Waals surface area contributed by atoms with Gasteiger partial charge in [0, 0.05) is 55.7 Å². The van der Waals surface area contributed by atoms with Gasteiger partial charge >= 0.3 is 0 Å². The smallest absolute Gasteiger partial charge is 0.137 e. The quantitative estimate of drug-likeness (QED) is 0.137. The van der Waals surface area contributed by atoms with E-state index in [-0.39, 0.29) is 11.1 Å². The predicted molar refractivity (Wildman–Crippen MR) is 205 cm³/mol. The van der Waals surface area contributed by atoms with Gasteiger partial charge in [0.15, 0.2) is 0 Å². The Morgan fingerprint density at radius 2 is 1.24 bits per heavy atom. The van der Waals surface area contributed by atoms with Crippen LogP contribution in [0.5, 0.6) is 0 Å². The van der Waals surface area contributed by atoms with Crippen LogP contribution in [0.2, 0.25) is 0 Å². The maximum atomic E-state index is 10.6. The van der Waals surface area contributed by atoms with Crippen LogP contribution < -0.4 is 0 Å². The van der Waals surface area contributed by atoms with Crippen LogP contribution in [0.25, 0.3) is 82.5 Å². The van der Waals surface area contributed by atoms with Crippen LogP contribution in [0.1, 0.15) is 16.7 Å². The number of nitrogens with zero attached hydrogens (tertiary/aromatic N) is 5. The maximum Gasteiger partial charge on any atom is 0.137 e. The highest BCUT2D eigenvalue weighted by atomic mass is 16.3. The van der Waals surface area contributed by atoms with Gasteiger partial charge in [-0.1, -0.05) is 85.4 Å². The van der Waals surface area contributed by atoms with Crippen molar-refractivity contribution in [1.82, 2.24) is 9.13 Å². The molecule has 3 aromatic heterocycles. The summed E-state index contributed by atoms with van der Waals surface area (Å²) in [6.45, 7) is 4.23. The molecule has 0 spiro atoms. The SMILES string of the molecule is C=C/C(=C\C(=C/C#N)c1ccc(C#N)c(C#N)c1-n1c2ccccc2c2ccccc21)n1c2ccccc2c2cc3c(cc21)oc1ccccc13. The molecule has 0 bridgehead atoms. The lowest BCUT2D eigenvalue weighted by atomic mass is 9.95. The molecule has 0 saturated heterocycles. The topological polar surface area (TPSA) is 94.4 Å². The fourth-order valence-electron chi connectivity index (χ4n) is 7.53. The van der Waals surface area contributed by atoms with E-state index < -0.39 is 0 Å². The highest BCUT2D eigenvalue weighted by molar-refractivity contribution is 6.18. The summed E-state index contributed by atoms with van der Waals surface area (Å²) in [6, 6.07) is 46.8. The number of aromatic nitrogens is 2. The Morgan fingerprint density at radius 3 is 1.88 bits per heavy atom. The first kappa shape index (κ1) is 29.5. The van der Waals surface area contributed by atoms with Gasteiger partial charge in [-0.15, -0.1) is 0 Å². The van der Waals surface area contributed by atoms with Crippen molar-refractivity contribution < 1.29 is 4.42 Å².